The van der Waals surface area contributed by atoms with Crippen molar-refractivity contribution in [3.8, 4) is 17.1 Å². The van der Waals surface area contributed by atoms with Gasteiger partial charge in [-0.15, -0.1) is 0 Å². The minimum Gasteiger partial charge on any atom is -0.481 e. The van der Waals surface area contributed by atoms with Crippen LogP contribution in [0.25, 0.3) is 11.3 Å². The van der Waals surface area contributed by atoms with Gasteiger partial charge in [-0.2, -0.15) is 0 Å². The maximum atomic E-state index is 5.09. The molecule has 20 heavy (non-hydrogen) atoms. The number of hydrogen-bond acceptors (Lipinski definition) is 5. The second-order valence-corrected chi connectivity index (χ2v) is 4.55. The summed E-state index contributed by atoms with van der Waals surface area (Å²) in [6.45, 7) is 4.14. The number of ether oxygens (including phenoxy) is 1. The van der Waals surface area contributed by atoms with E-state index in [2.05, 4.69) is 27.2 Å². The van der Waals surface area contributed by atoms with Gasteiger partial charge in [-0.3, -0.25) is 0 Å². The van der Waals surface area contributed by atoms with E-state index in [1.807, 2.05) is 26.1 Å². The summed E-state index contributed by atoms with van der Waals surface area (Å²) in [6.07, 6.45) is 3.67. The Morgan fingerprint density at radius 3 is 2.60 bits per heavy atom. The average Bonchev–Trinajstić information content (AvgIpc) is 2.49. The van der Waals surface area contributed by atoms with Gasteiger partial charge in [0.25, 0.3) is 0 Å². The van der Waals surface area contributed by atoms with E-state index in [0.29, 0.717) is 5.88 Å². The summed E-state index contributed by atoms with van der Waals surface area (Å²) in [5, 5.41) is 3.13. The van der Waals surface area contributed by atoms with Gasteiger partial charge in [0.15, 0.2) is 0 Å². The Balaban J connectivity index is 2.49. The van der Waals surface area contributed by atoms with E-state index in [1.165, 1.54) is 0 Å². The third kappa shape index (κ3) is 2.87. The lowest BCUT2D eigenvalue weighted by Crippen LogP contribution is -2.05. The summed E-state index contributed by atoms with van der Waals surface area (Å²) >= 11 is 0. The highest BCUT2D eigenvalue weighted by atomic mass is 16.5. The second-order valence-electron chi connectivity index (χ2n) is 4.55. The molecule has 0 radical (unpaired) electrons. The van der Waals surface area contributed by atoms with Crippen LogP contribution in [0.5, 0.6) is 5.88 Å². The molecule has 1 N–H and O–H groups in total. The quantitative estimate of drug-likeness (QED) is 0.907. The lowest BCUT2D eigenvalue weighted by Gasteiger charge is -2.12. The van der Waals surface area contributed by atoms with Crippen LogP contribution in [0.1, 0.15) is 24.7 Å². The Bertz CT molecular complexity index is 581. The molecule has 2 aromatic rings. The first kappa shape index (κ1) is 14.2. The van der Waals surface area contributed by atoms with Crippen molar-refractivity contribution >= 4 is 5.82 Å². The van der Waals surface area contributed by atoms with Crippen LogP contribution in [0.15, 0.2) is 18.3 Å². The normalized spacial score (nSPS) is 10.4. The van der Waals surface area contributed by atoms with Gasteiger partial charge in [-0.25, -0.2) is 15.0 Å². The number of hydrogen-bond donors (Lipinski definition) is 1. The smallest absolute Gasteiger partial charge is 0.212 e. The van der Waals surface area contributed by atoms with E-state index < -0.39 is 0 Å². The molecule has 5 heteroatoms. The molecule has 2 rings (SSSR count). The van der Waals surface area contributed by atoms with Gasteiger partial charge in [0.05, 0.1) is 12.8 Å². The van der Waals surface area contributed by atoms with E-state index in [0.717, 1.165) is 41.3 Å². The first-order valence-electron chi connectivity index (χ1n) is 6.75. The number of nitrogens with one attached hydrogen (secondary N) is 1. The fourth-order valence-electron chi connectivity index (χ4n) is 2.06. The van der Waals surface area contributed by atoms with Crippen molar-refractivity contribution in [3.63, 3.8) is 0 Å². The molecule has 0 fully saturated rings. The molecular formula is C15H20N4O. The maximum absolute atomic E-state index is 5.09. The lowest BCUT2D eigenvalue weighted by atomic mass is 10.1. The highest BCUT2D eigenvalue weighted by molar-refractivity contribution is 5.67. The zero-order valence-corrected chi connectivity index (χ0v) is 12.4. The van der Waals surface area contributed by atoms with Gasteiger partial charge >= 0.3 is 0 Å². The Labute approximate surface area is 119 Å². The molecule has 106 valence electrons. The molecule has 0 atom stereocenters. The maximum Gasteiger partial charge on any atom is 0.212 e. The minimum absolute atomic E-state index is 0.600. The molecule has 2 aromatic heterocycles. The predicted molar refractivity (Wildman–Crippen MR) is 80.1 cm³/mol. The van der Waals surface area contributed by atoms with E-state index in [1.54, 1.807) is 13.3 Å². The SMILES string of the molecule is CCCc1nc(NC)c(C)c(-c2ccc(OC)nc2)n1. The van der Waals surface area contributed by atoms with Crippen LogP contribution in [0.4, 0.5) is 5.82 Å². The molecule has 0 aliphatic heterocycles. The standard InChI is InChI=1S/C15H20N4O/c1-5-6-12-18-14(10(2)15(16-3)19-12)11-7-8-13(20-4)17-9-11/h7-9H,5-6H2,1-4H3,(H,16,18,19). The van der Waals surface area contributed by atoms with Crippen molar-refractivity contribution in [3.05, 3.63) is 29.7 Å². The topological polar surface area (TPSA) is 59.9 Å². The summed E-state index contributed by atoms with van der Waals surface area (Å²) in [5.74, 6) is 2.32. The fraction of sp³-hybridized carbons (Fsp3) is 0.400. The summed E-state index contributed by atoms with van der Waals surface area (Å²) in [6, 6.07) is 3.81. The second kappa shape index (κ2) is 6.32. The Kier molecular flexibility index (Phi) is 4.50. The van der Waals surface area contributed by atoms with Crippen LogP contribution in [-0.2, 0) is 6.42 Å². The highest BCUT2D eigenvalue weighted by Crippen LogP contribution is 2.26. The van der Waals surface area contributed by atoms with Crippen LogP contribution < -0.4 is 10.1 Å². The van der Waals surface area contributed by atoms with Crippen LogP contribution in [0.2, 0.25) is 0 Å². The number of aryl methyl sites for hydroxylation is 1. The molecule has 0 spiro atoms. The van der Waals surface area contributed by atoms with Crippen molar-refractivity contribution in [2.45, 2.75) is 26.7 Å². The number of methoxy groups -OCH3 is 1. The fourth-order valence-corrected chi connectivity index (χ4v) is 2.06. The van der Waals surface area contributed by atoms with Crippen molar-refractivity contribution in [2.24, 2.45) is 0 Å². The van der Waals surface area contributed by atoms with Crippen LogP contribution >= 0.6 is 0 Å². The third-order valence-corrected chi connectivity index (χ3v) is 3.12. The first-order chi connectivity index (χ1) is 9.69. The highest BCUT2D eigenvalue weighted by Gasteiger charge is 2.12. The number of anilines is 1. The Hall–Kier alpha value is -2.17. The largest absolute Gasteiger partial charge is 0.481 e. The number of aromatic nitrogens is 3. The number of nitrogens with zero attached hydrogens (tertiary/aromatic N) is 3. The molecule has 0 bridgehead atoms. The van der Waals surface area contributed by atoms with Crippen molar-refractivity contribution in [1.82, 2.24) is 15.0 Å². The third-order valence-electron chi connectivity index (χ3n) is 3.12. The molecule has 0 saturated heterocycles. The van der Waals surface area contributed by atoms with Crippen molar-refractivity contribution < 1.29 is 4.74 Å². The van der Waals surface area contributed by atoms with Gasteiger partial charge in [-0.05, 0) is 19.4 Å². The average molecular weight is 272 g/mol. The molecule has 0 saturated carbocycles. The van der Waals surface area contributed by atoms with Gasteiger partial charge in [-0.1, -0.05) is 6.92 Å². The van der Waals surface area contributed by atoms with Gasteiger partial charge in [0, 0.05) is 36.9 Å². The molecule has 0 aliphatic carbocycles. The molecule has 0 amide bonds. The molecular weight excluding hydrogens is 252 g/mol. The molecule has 5 nitrogen and oxygen atoms in total. The first-order valence-corrected chi connectivity index (χ1v) is 6.75. The van der Waals surface area contributed by atoms with E-state index >= 15 is 0 Å². The lowest BCUT2D eigenvalue weighted by molar-refractivity contribution is 0.398. The monoisotopic (exact) mass is 272 g/mol. The van der Waals surface area contributed by atoms with Crippen LogP contribution in [0.3, 0.4) is 0 Å². The number of rotatable bonds is 5. The van der Waals surface area contributed by atoms with Crippen LogP contribution in [0, 0.1) is 6.92 Å². The van der Waals surface area contributed by atoms with Crippen molar-refractivity contribution in [2.75, 3.05) is 19.5 Å². The predicted octanol–water partition coefficient (Wildman–Crippen LogP) is 2.85. The Morgan fingerprint density at radius 2 is 2.05 bits per heavy atom. The zero-order chi connectivity index (χ0) is 14.5. The zero-order valence-electron chi connectivity index (χ0n) is 12.4. The molecule has 0 unspecified atom stereocenters. The molecule has 0 aliphatic rings. The molecule has 0 aromatic carbocycles. The minimum atomic E-state index is 0.600. The Morgan fingerprint density at radius 1 is 1.25 bits per heavy atom. The summed E-state index contributed by atoms with van der Waals surface area (Å²) < 4.78 is 5.09. The van der Waals surface area contributed by atoms with Gasteiger partial charge in [0.2, 0.25) is 5.88 Å². The van der Waals surface area contributed by atoms with E-state index in [4.69, 9.17) is 4.74 Å². The van der Waals surface area contributed by atoms with Crippen molar-refractivity contribution in [1.29, 1.82) is 0 Å². The molecule has 2 heterocycles. The van der Waals surface area contributed by atoms with E-state index in [9.17, 15) is 0 Å². The summed E-state index contributed by atoms with van der Waals surface area (Å²) in [4.78, 5) is 13.4. The van der Waals surface area contributed by atoms with Crippen LogP contribution in [-0.4, -0.2) is 29.1 Å². The summed E-state index contributed by atoms with van der Waals surface area (Å²) in [5.41, 5.74) is 2.92. The van der Waals surface area contributed by atoms with Gasteiger partial charge in [0.1, 0.15) is 11.6 Å². The number of pyridine rings is 1. The van der Waals surface area contributed by atoms with E-state index in [-0.39, 0.29) is 0 Å². The van der Waals surface area contributed by atoms with Gasteiger partial charge < -0.3 is 10.1 Å². The summed E-state index contributed by atoms with van der Waals surface area (Å²) in [7, 11) is 3.48.